The Balaban J connectivity index is 2.25. The maximum absolute atomic E-state index is 6.01. The number of aromatic nitrogens is 1. The van der Waals surface area contributed by atoms with Gasteiger partial charge < -0.3 is 10.2 Å². The number of nitrogens with zero attached hydrogens (tertiary/aromatic N) is 1. The second kappa shape index (κ2) is 4.89. The molecule has 0 bridgehead atoms. The first kappa shape index (κ1) is 11.5. The first-order chi connectivity index (χ1) is 7.70. The Morgan fingerprint density at radius 1 is 1.50 bits per heavy atom. The average molecular weight is 236 g/mol. The smallest absolute Gasteiger partial charge is 0.212 e. The van der Waals surface area contributed by atoms with E-state index in [1.807, 2.05) is 25.1 Å². The predicted octanol–water partition coefficient (Wildman–Crippen LogP) is 2.89. The van der Waals surface area contributed by atoms with Crippen LogP contribution in [0, 0.1) is 6.92 Å². The molecule has 1 atom stereocenters. The van der Waals surface area contributed by atoms with Gasteiger partial charge in [0, 0.05) is 0 Å². The highest BCUT2D eigenvalue weighted by molar-refractivity contribution is 7.98. The largest absolute Gasteiger partial charge is 0.439 e. The van der Waals surface area contributed by atoms with Crippen LogP contribution in [-0.4, -0.2) is 17.0 Å². The van der Waals surface area contributed by atoms with Crippen molar-refractivity contribution in [2.24, 2.45) is 5.73 Å². The second-order valence-electron chi connectivity index (χ2n) is 3.91. The normalized spacial score (nSPS) is 13.2. The molecule has 1 aromatic carbocycles. The maximum Gasteiger partial charge on any atom is 0.212 e. The molecule has 3 nitrogen and oxygen atoms in total. The van der Waals surface area contributed by atoms with Gasteiger partial charge >= 0.3 is 0 Å². The number of thioether (sulfide) groups is 1. The van der Waals surface area contributed by atoms with E-state index in [-0.39, 0.29) is 6.04 Å². The minimum Gasteiger partial charge on any atom is -0.439 e. The number of hydrogen-bond acceptors (Lipinski definition) is 4. The minimum absolute atomic E-state index is 0.0971. The molecule has 0 fully saturated rings. The molecule has 0 radical (unpaired) electrons. The zero-order chi connectivity index (χ0) is 11.5. The lowest BCUT2D eigenvalue weighted by atomic mass is 10.2. The van der Waals surface area contributed by atoms with Gasteiger partial charge in [0.2, 0.25) is 5.89 Å². The monoisotopic (exact) mass is 236 g/mol. The summed E-state index contributed by atoms with van der Waals surface area (Å²) in [4.78, 5) is 4.43. The quantitative estimate of drug-likeness (QED) is 0.886. The number of fused-ring (bicyclic) bond motifs is 1. The van der Waals surface area contributed by atoms with Gasteiger partial charge in [-0.15, -0.1) is 0 Å². The lowest BCUT2D eigenvalue weighted by molar-refractivity contribution is 0.470. The molecule has 0 amide bonds. The van der Waals surface area contributed by atoms with Gasteiger partial charge in [-0.2, -0.15) is 11.8 Å². The van der Waals surface area contributed by atoms with Crippen LogP contribution in [0.15, 0.2) is 22.6 Å². The molecule has 1 heterocycles. The highest BCUT2D eigenvalue weighted by Gasteiger charge is 2.13. The Bertz CT molecular complexity index is 481. The summed E-state index contributed by atoms with van der Waals surface area (Å²) < 4.78 is 5.64. The molecule has 4 heteroatoms. The van der Waals surface area contributed by atoms with Crippen LogP contribution >= 0.6 is 11.8 Å². The highest BCUT2D eigenvalue weighted by atomic mass is 32.2. The molecular weight excluding hydrogens is 220 g/mol. The Morgan fingerprint density at radius 2 is 2.31 bits per heavy atom. The molecule has 0 spiro atoms. The molecule has 1 aromatic heterocycles. The average Bonchev–Trinajstić information content (AvgIpc) is 2.68. The molecule has 16 heavy (non-hydrogen) atoms. The van der Waals surface area contributed by atoms with E-state index in [4.69, 9.17) is 10.2 Å². The molecule has 0 aliphatic heterocycles. The summed E-state index contributed by atoms with van der Waals surface area (Å²) >= 11 is 1.78. The van der Waals surface area contributed by atoms with Crippen molar-refractivity contribution in [2.75, 3.05) is 12.0 Å². The molecule has 1 unspecified atom stereocenters. The van der Waals surface area contributed by atoms with Gasteiger partial charge in [0.05, 0.1) is 6.04 Å². The molecule has 0 saturated carbocycles. The molecule has 0 aliphatic rings. The fraction of sp³-hybridized carbons (Fsp3) is 0.417. The van der Waals surface area contributed by atoms with Crippen LogP contribution in [0.3, 0.4) is 0 Å². The Hall–Kier alpha value is -1.00. The topological polar surface area (TPSA) is 52.0 Å². The second-order valence-corrected chi connectivity index (χ2v) is 4.90. The van der Waals surface area contributed by atoms with E-state index in [0.29, 0.717) is 5.89 Å². The van der Waals surface area contributed by atoms with E-state index in [1.165, 1.54) is 5.56 Å². The molecule has 2 rings (SSSR count). The van der Waals surface area contributed by atoms with Gasteiger partial charge in [0.15, 0.2) is 5.58 Å². The Labute approximate surface area is 99.4 Å². The lowest BCUT2D eigenvalue weighted by Gasteiger charge is -2.04. The summed E-state index contributed by atoms with van der Waals surface area (Å²) in [5, 5.41) is 0. The van der Waals surface area contributed by atoms with Crippen LogP contribution in [0.2, 0.25) is 0 Å². The number of oxazole rings is 1. The summed E-state index contributed by atoms with van der Waals surface area (Å²) in [6.45, 7) is 2.04. The zero-order valence-corrected chi connectivity index (χ0v) is 10.4. The molecule has 0 aliphatic carbocycles. The fourth-order valence-corrected chi connectivity index (χ4v) is 2.07. The maximum atomic E-state index is 6.01. The fourth-order valence-electron chi connectivity index (χ4n) is 1.58. The summed E-state index contributed by atoms with van der Waals surface area (Å²) in [7, 11) is 0. The molecule has 86 valence electrons. The van der Waals surface area contributed by atoms with Gasteiger partial charge in [-0.1, -0.05) is 6.07 Å². The third kappa shape index (κ3) is 2.39. The van der Waals surface area contributed by atoms with Gasteiger partial charge in [-0.25, -0.2) is 4.98 Å². The van der Waals surface area contributed by atoms with Crippen LogP contribution in [0.25, 0.3) is 11.1 Å². The zero-order valence-electron chi connectivity index (χ0n) is 9.56. The standard InChI is InChI=1S/C12H16N2OS/c1-8-3-4-11-10(7-8)14-12(15-11)9(13)5-6-16-2/h3-4,7,9H,5-6,13H2,1-2H3. The Kier molecular flexibility index (Phi) is 3.51. The first-order valence-electron chi connectivity index (χ1n) is 5.32. The van der Waals surface area contributed by atoms with Crippen LogP contribution < -0.4 is 5.73 Å². The van der Waals surface area contributed by atoms with E-state index >= 15 is 0 Å². The van der Waals surface area contributed by atoms with Gasteiger partial charge in [0.25, 0.3) is 0 Å². The van der Waals surface area contributed by atoms with Crippen molar-refractivity contribution < 1.29 is 4.42 Å². The highest BCUT2D eigenvalue weighted by Crippen LogP contribution is 2.22. The van der Waals surface area contributed by atoms with Gasteiger partial charge in [0.1, 0.15) is 5.52 Å². The minimum atomic E-state index is -0.0971. The predicted molar refractivity (Wildman–Crippen MR) is 68.7 cm³/mol. The van der Waals surface area contributed by atoms with Crippen LogP contribution in [-0.2, 0) is 0 Å². The summed E-state index contributed by atoms with van der Waals surface area (Å²) in [5.41, 5.74) is 8.92. The van der Waals surface area contributed by atoms with Gasteiger partial charge in [-0.05, 0) is 43.0 Å². The van der Waals surface area contributed by atoms with Crippen LogP contribution in [0.1, 0.15) is 23.9 Å². The third-order valence-electron chi connectivity index (χ3n) is 2.51. The van der Waals surface area contributed by atoms with E-state index in [2.05, 4.69) is 11.2 Å². The van der Waals surface area contributed by atoms with E-state index in [0.717, 1.165) is 23.3 Å². The van der Waals surface area contributed by atoms with E-state index < -0.39 is 0 Å². The van der Waals surface area contributed by atoms with Crippen molar-refractivity contribution in [1.82, 2.24) is 4.98 Å². The van der Waals surface area contributed by atoms with Crippen molar-refractivity contribution in [3.8, 4) is 0 Å². The number of benzene rings is 1. The number of rotatable bonds is 4. The third-order valence-corrected chi connectivity index (χ3v) is 3.15. The van der Waals surface area contributed by atoms with E-state index in [1.54, 1.807) is 11.8 Å². The van der Waals surface area contributed by atoms with Crippen LogP contribution in [0.4, 0.5) is 0 Å². The van der Waals surface area contributed by atoms with Crippen molar-refractivity contribution in [1.29, 1.82) is 0 Å². The van der Waals surface area contributed by atoms with Crippen LogP contribution in [0.5, 0.6) is 0 Å². The number of aryl methyl sites for hydroxylation is 1. The number of nitrogens with two attached hydrogens (primary N) is 1. The van der Waals surface area contributed by atoms with Crippen molar-refractivity contribution >= 4 is 22.9 Å². The van der Waals surface area contributed by atoms with E-state index in [9.17, 15) is 0 Å². The summed E-state index contributed by atoms with van der Waals surface area (Å²) in [6, 6.07) is 5.89. The SMILES string of the molecule is CSCCC(N)c1nc2cc(C)ccc2o1. The van der Waals surface area contributed by atoms with Crippen molar-refractivity contribution in [3.63, 3.8) is 0 Å². The molecule has 2 N–H and O–H groups in total. The summed E-state index contributed by atoms with van der Waals surface area (Å²) in [5.74, 6) is 1.67. The molecule has 2 aromatic rings. The molecular formula is C12H16N2OS. The first-order valence-corrected chi connectivity index (χ1v) is 6.71. The Morgan fingerprint density at radius 3 is 3.06 bits per heavy atom. The van der Waals surface area contributed by atoms with Gasteiger partial charge in [-0.3, -0.25) is 0 Å². The van der Waals surface area contributed by atoms with Crippen molar-refractivity contribution in [3.05, 3.63) is 29.7 Å². The lowest BCUT2D eigenvalue weighted by Crippen LogP contribution is -2.11. The summed E-state index contributed by atoms with van der Waals surface area (Å²) in [6.07, 6.45) is 2.97. The van der Waals surface area contributed by atoms with Crippen molar-refractivity contribution in [2.45, 2.75) is 19.4 Å². The number of hydrogen-bond donors (Lipinski definition) is 1. The molecule has 0 saturated heterocycles.